The van der Waals surface area contributed by atoms with Gasteiger partial charge >= 0.3 is 0 Å². The Kier molecular flexibility index (Phi) is 5.17. The second kappa shape index (κ2) is 6.68. The van der Waals surface area contributed by atoms with Gasteiger partial charge in [-0.15, -0.1) is 0 Å². The predicted octanol–water partition coefficient (Wildman–Crippen LogP) is 3.31. The molecule has 0 aromatic carbocycles. The minimum absolute atomic E-state index is 0.432. The number of aliphatic hydroxyl groups is 1. The Hall–Kier alpha value is -0.930. The molecule has 1 heterocycles. The van der Waals surface area contributed by atoms with Crippen LogP contribution in [0.4, 0.5) is 0 Å². The average Bonchev–Trinajstić information content (AvgIpc) is 2.45. The van der Waals surface area contributed by atoms with Crippen LogP contribution in [0.3, 0.4) is 0 Å². The van der Waals surface area contributed by atoms with Gasteiger partial charge in [-0.05, 0) is 54.7 Å². The van der Waals surface area contributed by atoms with Gasteiger partial charge in [0.1, 0.15) is 0 Å². The van der Waals surface area contributed by atoms with Crippen molar-refractivity contribution in [3.8, 4) is 0 Å². The van der Waals surface area contributed by atoms with Gasteiger partial charge in [0.2, 0.25) is 0 Å². The molecule has 1 unspecified atom stereocenters. The Balaban J connectivity index is 1.74. The summed E-state index contributed by atoms with van der Waals surface area (Å²) in [4.78, 5) is 3.98. The molecule has 112 valence electrons. The van der Waals surface area contributed by atoms with Crippen LogP contribution in [-0.4, -0.2) is 22.7 Å². The van der Waals surface area contributed by atoms with Gasteiger partial charge < -0.3 is 10.4 Å². The number of pyridine rings is 1. The van der Waals surface area contributed by atoms with E-state index in [0.717, 1.165) is 11.5 Å². The van der Waals surface area contributed by atoms with Crippen molar-refractivity contribution in [2.75, 3.05) is 6.54 Å². The lowest BCUT2D eigenvalue weighted by Gasteiger charge is -2.37. The summed E-state index contributed by atoms with van der Waals surface area (Å²) in [5.74, 6) is 0.839. The van der Waals surface area contributed by atoms with E-state index >= 15 is 0 Å². The minimum Gasteiger partial charge on any atom is -0.387 e. The van der Waals surface area contributed by atoms with Crippen LogP contribution < -0.4 is 5.32 Å². The molecule has 1 aliphatic rings. The van der Waals surface area contributed by atoms with Crippen LogP contribution in [-0.2, 0) is 0 Å². The summed E-state index contributed by atoms with van der Waals surface area (Å²) in [6.45, 7) is 7.67. The summed E-state index contributed by atoms with van der Waals surface area (Å²) >= 11 is 0. The van der Waals surface area contributed by atoms with Crippen molar-refractivity contribution in [2.24, 2.45) is 11.3 Å². The summed E-state index contributed by atoms with van der Waals surface area (Å²) in [6, 6.07) is 4.32. The second-order valence-electron chi connectivity index (χ2n) is 7.12. The number of hydrogen-bond donors (Lipinski definition) is 2. The third-order valence-electron chi connectivity index (χ3n) is 4.64. The molecule has 0 bridgehead atoms. The fourth-order valence-corrected chi connectivity index (χ4v) is 3.15. The molecule has 3 nitrogen and oxygen atoms in total. The highest BCUT2D eigenvalue weighted by molar-refractivity contribution is 5.13. The summed E-state index contributed by atoms with van der Waals surface area (Å²) in [6.07, 6.45) is 8.08. The zero-order valence-electron chi connectivity index (χ0n) is 13.0. The average molecular weight is 276 g/mol. The normalized spacial score (nSPS) is 25.4. The van der Waals surface area contributed by atoms with Gasteiger partial charge in [0.15, 0.2) is 0 Å². The van der Waals surface area contributed by atoms with Gasteiger partial charge in [-0.25, -0.2) is 0 Å². The molecule has 1 atom stereocenters. The first-order valence-electron chi connectivity index (χ1n) is 7.78. The molecule has 0 spiro atoms. The van der Waals surface area contributed by atoms with E-state index in [0.29, 0.717) is 18.0 Å². The third-order valence-corrected chi connectivity index (χ3v) is 4.64. The Labute approximate surface area is 122 Å². The molecule has 3 heteroatoms. The summed E-state index contributed by atoms with van der Waals surface area (Å²) < 4.78 is 0. The molecule has 0 radical (unpaired) electrons. The SMILES string of the molecule is CC(C)(C)C1CCC(NCC(O)c2ccncc2)CC1. The van der Waals surface area contributed by atoms with Gasteiger partial charge in [-0.3, -0.25) is 4.98 Å². The summed E-state index contributed by atoms with van der Waals surface area (Å²) in [5, 5.41) is 13.7. The molecule has 0 amide bonds. The molecular formula is C17H28N2O. The maximum absolute atomic E-state index is 10.1. The zero-order valence-corrected chi connectivity index (χ0v) is 13.0. The molecule has 1 aromatic rings. The van der Waals surface area contributed by atoms with Gasteiger partial charge in [0, 0.05) is 25.0 Å². The van der Waals surface area contributed by atoms with Crippen molar-refractivity contribution in [1.29, 1.82) is 0 Å². The monoisotopic (exact) mass is 276 g/mol. The predicted molar refractivity (Wildman–Crippen MR) is 82.4 cm³/mol. The lowest BCUT2D eigenvalue weighted by molar-refractivity contribution is 0.139. The highest BCUT2D eigenvalue weighted by Gasteiger charge is 2.29. The first-order chi connectivity index (χ1) is 9.47. The van der Waals surface area contributed by atoms with Crippen molar-refractivity contribution in [1.82, 2.24) is 10.3 Å². The van der Waals surface area contributed by atoms with Gasteiger partial charge in [0.05, 0.1) is 6.10 Å². The van der Waals surface area contributed by atoms with E-state index in [1.54, 1.807) is 12.4 Å². The number of aromatic nitrogens is 1. The first-order valence-corrected chi connectivity index (χ1v) is 7.78. The lowest BCUT2D eigenvalue weighted by atomic mass is 9.71. The second-order valence-corrected chi connectivity index (χ2v) is 7.12. The van der Waals surface area contributed by atoms with Crippen molar-refractivity contribution in [2.45, 2.75) is 58.6 Å². The molecule has 20 heavy (non-hydrogen) atoms. The van der Waals surface area contributed by atoms with E-state index < -0.39 is 6.10 Å². The molecule has 0 aliphatic heterocycles. The fourth-order valence-electron chi connectivity index (χ4n) is 3.15. The Bertz CT molecular complexity index is 391. The molecule has 1 aromatic heterocycles. The summed E-state index contributed by atoms with van der Waals surface area (Å²) in [7, 11) is 0. The quantitative estimate of drug-likeness (QED) is 0.887. The van der Waals surface area contributed by atoms with E-state index in [9.17, 15) is 5.11 Å². The molecule has 2 N–H and O–H groups in total. The maximum Gasteiger partial charge on any atom is 0.0915 e. The van der Waals surface area contributed by atoms with Gasteiger partial charge in [-0.2, -0.15) is 0 Å². The number of nitrogens with one attached hydrogen (secondary N) is 1. The van der Waals surface area contributed by atoms with Gasteiger partial charge in [-0.1, -0.05) is 20.8 Å². The van der Waals surface area contributed by atoms with Crippen LogP contribution in [0.2, 0.25) is 0 Å². The van der Waals surface area contributed by atoms with Crippen LogP contribution in [0.5, 0.6) is 0 Å². The van der Waals surface area contributed by atoms with Gasteiger partial charge in [0.25, 0.3) is 0 Å². The first kappa shape index (κ1) is 15.5. The van der Waals surface area contributed by atoms with Crippen LogP contribution in [0, 0.1) is 11.3 Å². The largest absolute Gasteiger partial charge is 0.387 e. The fraction of sp³-hybridized carbons (Fsp3) is 0.706. The molecule has 2 rings (SSSR count). The summed E-state index contributed by atoms with van der Waals surface area (Å²) in [5.41, 5.74) is 1.37. The molecule has 1 saturated carbocycles. The molecule has 1 fully saturated rings. The Morgan fingerprint density at radius 1 is 1.20 bits per heavy atom. The van der Waals surface area contributed by atoms with Crippen molar-refractivity contribution in [3.63, 3.8) is 0 Å². The highest BCUT2D eigenvalue weighted by Crippen LogP contribution is 2.37. The number of aliphatic hydroxyl groups excluding tert-OH is 1. The van der Waals surface area contributed by atoms with Crippen LogP contribution >= 0.6 is 0 Å². The van der Waals surface area contributed by atoms with Crippen LogP contribution in [0.1, 0.15) is 58.1 Å². The van der Waals surface area contributed by atoms with Crippen LogP contribution in [0.15, 0.2) is 24.5 Å². The van der Waals surface area contributed by atoms with E-state index in [-0.39, 0.29) is 0 Å². The van der Waals surface area contributed by atoms with Crippen LogP contribution in [0.25, 0.3) is 0 Å². The van der Waals surface area contributed by atoms with Crippen molar-refractivity contribution >= 4 is 0 Å². The zero-order chi connectivity index (χ0) is 14.6. The third kappa shape index (κ3) is 4.29. The van der Waals surface area contributed by atoms with E-state index in [4.69, 9.17) is 0 Å². The molecular weight excluding hydrogens is 248 g/mol. The van der Waals surface area contributed by atoms with Crippen molar-refractivity contribution < 1.29 is 5.11 Å². The topological polar surface area (TPSA) is 45.1 Å². The Morgan fingerprint density at radius 2 is 1.80 bits per heavy atom. The van der Waals surface area contributed by atoms with Crippen molar-refractivity contribution in [3.05, 3.63) is 30.1 Å². The standard InChI is InChI=1S/C17H28N2O/c1-17(2,3)14-4-6-15(7-5-14)19-12-16(20)13-8-10-18-11-9-13/h8-11,14-16,19-20H,4-7,12H2,1-3H3. The molecule has 1 aliphatic carbocycles. The van der Waals surface area contributed by atoms with E-state index in [1.807, 2.05) is 12.1 Å². The van der Waals surface area contributed by atoms with E-state index in [2.05, 4.69) is 31.1 Å². The Morgan fingerprint density at radius 3 is 2.35 bits per heavy atom. The number of hydrogen-bond acceptors (Lipinski definition) is 3. The lowest BCUT2D eigenvalue weighted by Crippen LogP contribution is -2.38. The highest BCUT2D eigenvalue weighted by atomic mass is 16.3. The van der Waals surface area contributed by atoms with E-state index in [1.165, 1.54) is 25.7 Å². The number of nitrogens with zero attached hydrogens (tertiary/aromatic N) is 1. The molecule has 0 saturated heterocycles. The maximum atomic E-state index is 10.1. The minimum atomic E-state index is -0.432. The smallest absolute Gasteiger partial charge is 0.0915 e. The number of rotatable bonds is 4.